The first kappa shape index (κ1) is 19.5. The van der Waals surface area contributed by atoms with Crippen molar-refractivity contribution in [3.63, 3.8) is 0 Å². The number of carbonyl (C=O) groups excluding carboxylic acids is 1. The largest absolute Gasteiger partial charge is 0.497 e. The van der Waals surface area contributed by atoms with Crippen molar-refractivity contribution in [1.29, 1.82) is 0 Å². The maximum absolute atomic E-state index is 12.0. The standard InChI is InChI=1S/C16H24N4O2.HI/c1-17-16(20-10-3-4-11-20)19-9-8-18-15(21)13-6-5-7-14(12-13)22-2;/h5-7,12H,3-4,8-11H2,1-2H3,(H,17,19)(H,18,21);1H. The topological polar surface area (TPSA) is 66.0 Å². The van der Waals surface area contributed by atoms with E-state index < -0.39 is 0 Å². The van der Waals surface area contributed by atoms with Crippen molar-refractivity contribution in [1.82, 2.24) is 15.5 Å². The molecule has 1 aliphatic rings. The van der Waals surface area contributed by atoms with Crippen LogP contribution < -0.4 is 15.4 Å². The van der Waals surface area contributed by atoms with Crippen LogP contribution in [0.25, 0.3) is 0 Å². The molecule has 0 saturated carbocycles. The van der Waals surface area contributed by atoms with Crippen LogP contribution in [-0.4, -0.2) is 57.1 Å². The average molecular weight is 432 g/mol. The number of aliphatic imine (C=N–C) groups is 1. The minimum Gasteiger partial charge on any atom is -0.497 e. The summed E-state index contributed by atoms with van der Waals surface area (Å²) < 4.78 is 5.12. The van der Waals surface area contributed by atoms with Crippen LogP contribution in [0.1, 0.15) is 23.2 Å². The van der Waals surface area contributed by atoms with Crippen LogP contribution in [0.2, 0.25) is 0 Å². The fraction of sp³-hybridized carbons (Fsp3) is 0.500. The molecule has 1 fully saturated rings. The monoisotopic (exact) mass is 432 g/mol. The lowest BCUT2D eigenvalue weighted by atomic mass is 10.2. The Morgan fingerprint density at radius 3 is 2.61 bits per heavy atom. The molecule has 7 heteroatoms. The molecule has 1 aromatic carbocycles. The van der Waals surface area contributed by atoms with Crippen molar-refractivity contribution in [3.05, 3.63) is 29.8 Å². The molecule has 2 rings (SSSR count). The maximum atomic E-state index is 12.0. The Balaban J connectivity index is 0.00000264. The number of nitrogens with one attached hydrogen (secondary N) is 2. The van der Waals surface area contributed by atoms with Gasteiger partial charge in [-0.1, -0.05) is 6.07 Å². The highest BCUT2D eigenvalue weighted by Gasteiger charge is 2.15. The van der Waals surface area contributed by atoms with E-state index in [2.05, 4.69) is 20.5 Å². The van der Waals surface area contributed by atoms with Crippen LogP contribution in [0.4, 0.5) is 0 Å². The Bertz CT molecular complexity index is 531. The number of guanidine groups is 1. The summed E-state index contributed by atoms with van der Waals surface area (Å²) in [5.74, 6) is 1.49. The van der Waals surface area contributed by atoms with E-state index in [4.69, 9.17) is 4.74 Å². The number of likely N-dealkylation sites (tertiary alicyclic amines) is 1. The minimum absolute atomic E-state index is 0. The first-order valence-electron chi connectivity index (χ1n) is 7.62. The second-order valence-electron chi connectivity index (χ2n) is 5.16. The van der Waals surface area contributed by atoms with E-state index in [1.54, 1.807) is 32.4 Å². The summed E-state index contributed by atoms with van der Waals surface area (Å²) >= 11 is 0. The molecule has 1 aromatic rings. The first-order valence-corrected chi connectivity index (χ1v) is 7.62. The number of hydrogen-bond acceptors (Lipinski definition) is 3. The van der Waals surface area contributed by atoms with Gasteiger partial charge in [0.05, 0.1) is 7.11 Å². The third-order valence-corrected chi connectivity index (χ3v) is 3.64. The zero-order valence-corrected chi connectivity index (χ0v) is 16.0. The van der Waals surface area contributed by atoms with Gasteiger partial charge in [-0.15, -0.1) is 24.0 Å². The summed E-state index contributed by atoms with van der Waals surface area (Å²) in [6.45, 7) is 3.30. The second kappa shape index (κ2) is 10.3. The molecule has 1 amide bonds. The van der Waals surface area contributed by atoms with Crippen LogP contribution in [-0.2, 0) is 0 Å². The summed E-state index contributed by atoms with van der Waals surface area (Å²) in [5, 5.41) is 6.17. The van der Waals surface area contributed by atoms with E-state index in [1.165, 1.54) is 12.8 Å². The van der Waals surface area contributed by atoms with Gasteiger partial charge in [0.2, 0.25) is 0 Å². The molecule has 0 unspecified atom stereocenters. The molecule has 23 heavy (non-hydrogen) atoms. The Labute approximate surface area is 154 Å². The fourth-order valence-electron chi connectivity index (χ4n) is 2.48. The van der Waals surface area contributed by atoms with Crippen LogP contribution in [0.3, 0.4) is 0 Å². The van der Waals surface area contributed by atoms with Gasteiger partial charge in [0, 0.05) is 38.8 Å². The Kier molecular flexibility index (Phi) is 8.75. The zero-order valence-electron chi connectivity index (χ0n) is 13.7. The lowest BCUT2D eigenvalue weighted by molar-refractivity contribution is 0.0954. The van der Waals surface area contributed by atoms with Crippen molar-refractivity contribution in [3.8, 4) is 5.75 Å². The maximum Gasteiger partial charge on any atom is 0.251 e. The molecule has 0 atom stereocenters. The molecule has 6 nitrogen and oxygen atoms in total. The number of halogens is 1. The molecule has 1 heterocycles. The van der Waals surface area contributed by atoms with Gasteiger partial charge >= 0.3 is 0 Å². The highest BCUT2D eigenvalue weighted by atomic mass is 127. The number of hydrogen-bond donors (Lipinski definition) is 2. The summed E-state index contributed by atoms with van der Waals surface area (Å²) in [4.78, 5) is 18.6. The van der Waals surface area contributed by atoms with Crippen LogP contribution in [0, 0.1) is 0 Å². The van der Waals surface area contributed by atoms with Crippen molar-refractivity contribution < 1.29 is 9.53 Å². The molecule has 1 saturated heterocycles. The summed E-state index contributed by atoms with van der Waals surface area (Å²) in [6, 6.07) is 7.12. The first-order chi connectivity index (χ1) is 10.7. The van der Waals surface area contributed by atoms with Crippen LogP contribution >= 0.6 is 24.0 Å². The predicted molar refractivity (Wildman–Crippen MR) is 103 cm³/mol. The highest BCUT2D eigenvalue weighted by Crippen LogP contribution is 2.12. The number of benzene rings is 1. The van der Waals surface area contributed by atoms with Crippen molar-refractivity contribution in [2.45, 2.75) is 12.8 Å². The number of ether oxygens (including phenoxy) is 1. The third kappa shape index (κ3) is 5.89. The molecule has 0 aromatic heterocycles. The van der Waals surface area contributed by atoms with Crippen molar-refractivity contribution in [2.75, 3.05) is 40.3 Å². The van der Waals surface area contributed by atoms with E-state index >= 15 is 0 Å². The number of rotatable bonds is 5. The molecule has 0 bridgehead atoms. The highest BCUT2D eigenvalue weighted by molar-refractivity contribution is 14.0. The van der Waals surface area contributed by atoms with Gasteiger partial charge in [-0.05, 0) is 31.0 Å². The zero-order chi connectivity index (χ0) is 15.8. The van der Waals surface area contributed by atoms with Crippen LogP contribution in [0.15, 0.2) is 29.3 Å². The van der Waals surface area contributed by atoms with Gasteiger partial charge in [0.25, 0.3) is 5.91 Å². The number of carbonyl (C=O) groups is 1. The molecule has 0 spiro atoms. The Morgan fingerprint density at radius 2 is 1.96 bits per heavy atom. The van der Waals surface area contributed by atoms with E-state index in [0.717, 1.165) is 19.0 Å². The van der Waals surface area contributed by atoms with Gasteiger partial charge in [-0.2, -0.15) is 0 Å². The van der Waals surface area contributed by atoms with Gasteiger partial charge in [0.15, 0.2) is 5.96 Å². The second-order valence-corrected chi connectivity index (χ2v) is 5.16. The molecule has 0 aliphatic carbocycles. The average Bonchev–Trinajstić information content (AvgIpc) is 3.09. The molecule has 128 valence electrons. The summed E-state index contributed by atoms with van der Waals surface area (Å²) in [5.41, 5.74) is 0.600. The lowest BCUT2D eigenvalue weighted by Crippen LogP contribution is -2.42. The fourth-order valence-corrected chi connectivity index (χ4v) is 2.48. The van der Waals surface area contributed by atoms with E-state index in [9.17, 15) is 4.79 Å². The smallest absolute Gasteiger partial charge is 0.251 e. The van der Waals surface area contributed by atoms with E-state index in [1.807, 2.05) is 6.07 Å². The van der Waals surface area contributed by atoms with Crippen molar-refractivity contribution >= 4 is 35.8 Å². The van der Waals surface area contributed by atoms with Crippen LogP contribution in [0.5, 0.6) is 5.75 Å². The SMILES string of the molecule is CN=C(NCCNC(=O)c1cccc(OC)c1)N1CCCC1.I. The van der Waals surface area contributed by atoms with E-state index in [-0.39, 0.29) is 29.9 Å². The summed E-state index contributed by atoms with van der Waals surface area (Å²) in [6.07, 6.45) is 2.43. The quantitative estimate of drug-likeness (QED) is 0.322. The molecular weight excluding hydrogens is 407 g/mol. The minimum atomic E-state index is -0.100. The Morgan fingerprint density at radius 1 is 1.26 bits per heavy atom. The third-order valence-electron chi connectivity index (χ3n) is 3.64. The van der Waals surface area contributed by atoms with Crippen molar-refractivity contribution in [2.24, 2.45) is 4.99 Å². The normalized spacial score (nSPS) is 14.2. The Hall–Kier alpha value is -1.51. The van der Waals surface area contributed by atoms with E-state index in [0.29, 0.717) is 24.4 Å². The van der Waals surface area contributed by atoms with Gasteiger partial charge in [-0.3, -0.25) is 9.79 Å². The lowest BCUT2D eigenvalue weighted by Gasteiger charge is -2.20. The summed E-state index contributed by atoms with van der Waals surface area (Å²) in [7, 11) is 3.38. The molecule has 2 N–H and O–H groups in total. The predicted octanol–water partition coefficient (Wildman–Crippen LogP) is 1.71. The number of methoxy groups -OCH3 is 1. The van der Waals surface area contributed by atoms with Gasteiger partial charge in [0.1, 0.15) is 5.75 Å². The number of nitrogens with zero attached hydrogens (tertiary/aromatic N) is 2. The molecule has 0 radical (unpaired) electrons. The number of amides is 1. The van der Waals surface area contributed by atoms with Gasteiger partial charge < -0.3 is 20.3 Å². The molecular formula is C16H25IN4O2. The van der Waals surface area contributed by atoms with Gasteiger partial charge in [-0.25, -0.2) is 0 Å². The molecule has 1 aliphatic heterocycles.